The van der Waals surface area contributed by atoms with E-state index in [2.05, 4.69) is 10.6 Å². The molecule has 2 N–H and O–H groups in total. The van der Waals surface area contributed by atoms with Crippen molar-refractivity contribution in [3.63, 3.8) is 0 Å². The van der Waals surface area contributed by atoms with Crippen molar-refractivity contribution in [2.24, 2.45) is 0 Å². The molecule has 2 heterocycles. The van der Waals surface area contributed by atoms with Gasteiger partial charge in [0.1, 0.15) is 5.75 Å². The number of amides is 2. The molecule has 2 fully saturated rings. The molecule has 0 saturated carbocycles. The number of nitrogens with zero attached hydrogens (tertiary/aromatic N) is 1. The van der Waals surface area contributed by atoms with E-state index >= 15 is 0 Å². The van der Waals surface area contributed by atoms with E-state index in [1.54, 1.807) is 18.1 Å². The predicted molar refractivity (Wildman–Crippen MR) is 88.9 cm³/mol. The van der Waals surface area contributed by atoms with Crippen LogP contribution >= 0.6 is 0 Å². The highest BCUT2D eigenvalue weighted by molar-refractivity contribution is 5.98. The second-order valence-corrected chi connectivity index (χ2v) is 6.03. The Kier molecular flexibility index (Phi) is 4.81. The molecule has 2 saturated heterocycles. The lowest BCUT2D eigenvalue weighted by molar-refractivity contribution is -0.119. The van der Waals surface area contributed by atoms with Crippen molar-refractivity contribution < 1.29 is 14.3 Å². The Morgan fingerprint density at radius 2 is 2.22 bits per heavy atom. The largest absolute Gasteiger partial charge is 0.494 e. The van der Waals surface area contributed by atoms with E-state index in [-0.39, 0.29) is 17.9 Å². The summed E-state index contributed by atoms with van der Waals surface area (Å²) < 4.78 is 5.41. The van der Waals surface area contributed by atoms with Gasteiger partial charge in [0.05, 0.1) is 18.8 Å². The highest BCUT2D eigenvalue weighted by atomic mass is 16.5. The molecule has 23 heavy (non-hydrogen) atoms. The molecule has 0 spiro atoms. The fraction of sp³-hybridized carbons (Fsp3) is 0.529. The van der Waals surface area contributed by atoms with E-state index in [0.29, 0.717) is 24.4 Å². The van der Waals surface area contributed by atoms with Crippen LogP contribution in [0.5, 0.6) is 5.75 Å². The lowest BCUT2D eigenvalue weighted by Crippen LogP contribution is -2.43. The molecule has 1 aromatic rings. The molecule has 124 valence electrons. The Bertz CT molecular complexity index is 597. The van der Waals surface area contributed by atoms with Crippen molar-refractivity contribution in [3.05, 3.63) is 18.2 Å². The maximum atomic E-state index is 12.3. The number of anilines is 2. The maximum absolute atomic E-state index is 12.3. The molecule has 2 amide bonds. The van der Waals surface area contributed by atoms with Crippen molar-refractivity contribution in [3.8, 4) is 5.75 Å². The fourth-order valence-corrected chi connectivity index (χ4v) is 3.19. The van der Waals surface area contributed by atoms with Crippen LogP contribution < -0.4 is 20.3 Å². The van der Waals surface area contributed by atoms with Crippen molar-refractivity contribution in [1.29, 1.82) is 0 Å². The third-order valence-electron chi connectivity index (χ3n) is 4.44. The minimum atomic E-state index is -0.130. The lowest BCUT2D eigenvalue weighted by Gasteiger charge is -2.23. The summed E-state index contributed by atoms with van der Waals surface area (Å²) in [7, 11) is 1.58. The summed E-state index contributed by atoms with van der Waals surface area (Å²) in [5.74, 6) is 0.706. The average Bonchev–Trinajstić information content (AvgIpc) is 3.01. The van der Waals surface area contributed by atoms with Crippen molar-refractivity contribution >= 4 is 23.2 Å². The van der Waals surface area contributed by atoms with E-state index in [9.17, 15) is 9.59 Å². The summed E-state index contributed by atoms with van der Waals surface area (Å²) in [5.41, 5.74) is 1.46. The Hall–Kier alpha value is -2.08. The summed E-state index contributed by atoms with van der Waals surface area (Å²) in [6.07, 6.45) is 4.51. The van der Waals surface area contributed by atoms with Crippen LogP contribution in [0.15, 0.2) is 18.2 Å². The van der Waals surface area contributed by atoms with Crippen molar-refractivity contribution in [2.75, 3.05) is 30.4 Å². The van der Waals surface area contributed by atoms with Gasteiger partial charge >= 0.3 is 0 Å². The number of hydrogen-bond acceptors (Lipinski definition) is 4. The van der Waals surface area contributed by atoms with Gasteiger partial charge in [0.15, 0.2) is 0 Å². The number of carbonyl (C=O) groups is 2. The minimum absolute atomic E-state index is 0.0169. The van der Waals surface area contributed by atoms with Gasteiger partial charge in [-0.1, -0.05) is 6.42 Å². The van der Waals surface area contributed by atoms with Gasteiger partial charge in [0.2, 0.25) is 11.8 Å². The first-order chi connectivity index (χ1) is 11.2. The van der Waals surface area contributed by atoms with Gasteiger partial charge in [0, 0.05) is 24.7 Å². The standard InChI is InChI=1S/C17H23N3O3/c1-23-15-11-12(19-17(22)13-5-2-3-9-18-13)7-8-14(15)20-10-4-6-16(20)21/h7-8,11,13,18H,2-6,9-10H2,1H3,(H,19,22)/t13-/m1/s1. The molecule has 1 atom stereocenters. The van der Waals surface area contributed by atoms with Crippen LogP contribution in [0.25, 0.3) is 0 Å². The Labute approximate surface area is 136 Å². The third-order valence-corrected chi connectivity index (χ3v) is 4.44. The summed E-state index contributed by atoms with van der Waals surface area (Å²) in [4.78, 5) is 25.9. The summed E-state index contributed by atoms with van der Waals surface area (Å²) in [6, 6.07) is 5.31. The zero-order chi connectivity index (χ0) is 16.2. The number of carbonyl (C=O) groups excluding carboxylic acids is 2. The quantitative estimate of drug-likeness (QED) is 0.890. The SMILES string of the molecule is COc1cc(NC(=O)[C@H]2CCCCN2)ccc1N1CCCC1=O. The van der Waals surface area contributed by atoms with Gasteiger partial charge in [-0.05, 0) is 37.9 Å². The number of benzene rings is 1. The summed E-state index contributed by atoms with van der Waals surface area (Å²) in [5, 5.41) is 6.16. The van der Waals surface area contributed by atoms with E-state index in [1.807, 2.05) is 12.1 Å². The van der Waals surface area contributed by atoms with Gasteiger partial charge in [-0.2, -0.15) is 0 Å². The highest BCUT2D eigenvalue weighted by Gasteiger charge is 2.25. The molecule has 2 aliphatic heterocycles. The Morgan fingerprint density at radius 3 is 2.87 bits per heavy atom. The lowest BCUT2D eigenvalue weighted by atomic mass is 10.0. The second kappa shape index (κ2) is 7.00. The molecule has 2 aliphatic rings. The molecule has 6 nitrogen and oxygen atoms in total. The van der Waals surface area contributed by atoms with Crippen molar-refractivity contribution in [2.45, 2.75) is 38.1 Å². The first-order valence-electron chi connectivity index (χ1n) is 8.21. The normalized spacial score (nSPS) is 21.3. The molecular formula is C17H23N3O3. The monoisotopic (exact) mass is 317 g/mol. The molecule has 0 aromatic heterocycles. The molecule has 0 radical (unpaired) electrons. The number of nitrogens with one attached hydrogen (secondary N) is 2. The summed E-state index contributed by atoms with van der Waals surface area (Å²) in [6.45, 7) is 1.60. The van der Waals surface area contributed by atoms with Crippen LogP contribution in [-0.4, -0.2) is 38.1 Å². The molecular weight excluding hydrogens is 294 g/mol. The molecule has 6 heteroatoms. The number of piperidine rings is 1. The van der Waals surface area contributed by atoms with Crippen LogP contribution in [-0.2, 0) is 9.59 Å². The van der Waals surface area contributed by atoms with Crippen LogP contribution in [0, 0.1) is 0 Å². The number of rotatable bonds is 4. The van der Waals surface area contributed by atoms with E-state index < -0.39 is 0 Å². The Morgan fingerprint density at radius 1 is 1.35 bits per heavy atom. The van der Waals surface area contributed by atoms with E-state index in [1.165, 1.54) is 0 Å². The van der Waals surface area contributed by atoms with Gasteiger partial charge in [-0.15, -0.1) is 0 Å². The van der Waals surface area contributed by atoms with E-state index in [0.717, 1.165) is 37.9 Å². The number of hydrogen-bond donors (Lipinski definition) is 2. The molecule has 0 aliphatic carbocycles. The molecule has 0 unspecified atom stereocenters. The number of methoxy groups -OCH3 is 1. The predicted octanol–water partition coefficient (Wildman–Crippen LogP) is 1.90. The minimum Gasteiger partial charge on any atom is -0.494 e. The zero-order valence-electron chi connectivity index (χ0n) is 13.4. The van der Waals surface area contributed by atoms with Gasteiger partial charge in [0.25, 0.3) is 0 Å². The van der Waals surface area contributed by atoms with Gasteiger partial charge < -0.3 is 20.3 Å². The smallest absolute Gasteiger partial charge is 0.241 e. The van der Waals surface area contributed by atoms with Crippen LogP contribution in [0.2, 0.25) is 0 Å². The highest BCUT2D eigenvalue weighted by Crippen LogP contribution is 2.33. The molecule has 3 rings (SSSR count). The Balaban J connectivity index is 1.73. The third kappa shape index (κ3) is 3.47. The molecule has 1 aromatic carbocycles. The summed E-state index contributed by atoms with van der Waals surface area (Å²) >= 11 is 0. The fourth-order valence-electron chi connectivity index (χ4n) is 3.19. The van der Waals surface area contributed by atoms with Crippen LogP contribution in [0.4, 0.5) is 11.4 Å². The molecule has 0 bridgehead atoms. The van der Waals surface area contributed by atoms with Gasteiger partial charge in [-0.25, -0.2) is 0 Å². The first-order valence-corrected chi connectivity index (χ1v) is 8.21. The zero-order valence-corrected chi connectivity index (χ0v) is 13.4. The average molecular weight is 317 g/mol. The number of ether oxygens (including phenoxy) is 1. The van der Waals surface area contributed by atoms with Crippen LogP contribution in [0.1, 0.15) is 32.1 Å². The van der Waals surface area contributed by atoms with Gasteiger partial charge in [-0.3, -0.25) is 9.59 Å². The van der Waals surface area contributed by atoms with E-state index in [4.69, 9.17) is 4.74 Å². The first kappa shape index (κ1) is 15.8. The maximum Gasteiger partial charge on any atom is 0.241 e. The topological polar surface area (TPSA) is 70.7 Å². The van der Waals surface area contributed by atoms with Crippen LogP contribution in [0.3, 0.4) is 0 Å². The second-order valence-electron chi connectivity index (χ2n) is 6.03. The van der Waals surface area contributed by atoms with Crippen molar-refractivity contribution in [1.82, 2.24) is 5.32 Å².